The Kier molecular flexibility index (Phi) is 2.38. The van der Waals surface area contributed by atoms with Crippen LogP contribution >= 0.6 is 11.3 Å². The molecule has 1 N–H and O–H groups in total. The lowest BCUT2D eigenvalue weighted by molar-refractivity contribution is 0.0691. The highest BCUT2D eigenvalue weighted by Crippen LogP contribution is 2.27. The number of nitrogens with zero attached hydrogens (tertiary/aromatic N) is 3. The molecule has 0 unspecified atom stereocenters. The summed E-state index contributed by atoms with van der Waals surface area (Å²) in [6.07, 6.45) is 1.42. The van der Waals surface area contributed by atoms with Crippen molar-refractivity contribution in [1.29, 1.82) is 0 Å². The third kappa shape index (κ3) is 1.67. The number of hydrogen-bond acceptors (Lipinski definition) is 4. The standard InChI is InChI=1S/C12H9N3O2S/c1-7-4-5-18-11(7)8-2-3-10-13-9(12(16)17)6-15(10)14-8/h2-6H,1H3,(H,16,17). The number of hydrogen-bond donors (Lipinski definition) is 1. The maximum absolute atomic E-state index is 10.8. The molecule has 3 rings (SSSR count). The fourth-order valence-electron chi connectivity index (χ4n) is 1.74. The predicted octanol–water partition coefficient (Wildman–Crippen LogP) is 2.46. The van der Waals surface area contributed by atoms with Crippen molar-refractivity contribution in [3.05, 3.63) is 41.0 Å². The van der Waals surface area contributed by atoms with Gasteiger partial charge in [0.25, 0.3) is 0 Å². The van der Waals surface area contributed by atoms with Crippen molar-refractivity contribution in [1.82, 2.24) is 14.6 Å². The first kappa shape index (κ1) is 10.9. The van der Waals surface area contributed by atoms with Crippen LogP contribution in [0.4, 0.5) is 0 Å². The quantitative estimate of drug-likeness (QED) is 0.767. The SMILES string of the molecule is Cc1ccsc1-c1ccc2nc(C(=O)O)cn2n1. The first-order valence-corrected chi connectivity index (χ1v) is 6.17. The van der Waals surface area contributed by atoms with Crippen LogP contribution in [0.5, 0.6) is 0 Å². The van der Waals surface area contributed by atoms with Crippen molar-refractivity contribution >= 4 is 23.0 Å². The van der Waals surface area contributed by atoms with E-state index < -0.39 is 5.97 Å². The first-order valence-electron chi connectivity index (χ1n) is 5.29. The lowest BCUT2D eigenvalue weighted by Gasteiger charge is -1.99. The second kappa shape index (κ2) is 3.92. The van der Waals surface area contributed by atoms with Crippen LogP contribution in [0.1, 0.15) is 16.1 Å². The average molecular weight is 259 g/mol. The van der Waals surface area contributed by atoms with Crippen LogP contribution in [0.2, 0.25) is 0 Å². The molecule has 0 radical (unpaired) electrons. The number of aromatic nitrogens is 3. The second-order valence-electron chi connectivity index (χ2n) is 3.89. The largest absolute Gasteiger partial charge is 0.476 e. The van der Waals surface area contributed by atoms with Crippen molar-refractivity contribution in [2.75, 3.05) is 0 Å². The highest BCUT2D eigenvalue weighted by atomic mass is 32.1. The van der Waals surface area contributed by atoms with Crippen LogP contribution < -0.4 is 0 Å². The average Bonchev–Trinajstić information content (AvgIpc) is 2.93. The van der Waals surface area contributed by atoms with E-state index in [-0.39, 0.29) is 5.69 Å². The molecule has 0 atom stereocenters. The number of carbonyl (C=O) groups is 1. The third-order valence-electron chi connectivity index (χ3n) is 2.63. The van der Waals surface area contributed by atoms with Crippen molar-refractivity contribution in [2.45, 2.75) is 6.92 Å². The normalized spacial score (nSPS) is 10.9. The number of carboxylic acid groups (broad SMARTS) is 1. The molecular weight excluding hydrogens is 250 g/mol. The smallest absolute Gasteiger partial charge is 0.356 e. The Morgan fingerprint density at radius 3 is 2.89 bits per heavy atom. The van der Waals surface area contributed by atoms with Crippen LogP contribution in [0, 0.1) is 6.92 Å². The number of carboxylic acids is 1. The Hall–Kier alpha value is -2.21. The van der Waals surface area contributed by atoms with Gasteiger partial charge in [0, 0.05) is 0 Å². The minimum absolute atomic E-state index is 0.00236. The summed E-state index contributed by atoms with van der Waals surface area (Å²) < 4.78 is 1.50. The summed E-state index contributed by atoms with van der Waals surface area (Å²) in [5, 5.41) is 15.3. The van der Waals surface area contributed by atoms with E-state index in [0.717, 1.165) is 16.1 Å². The molecule has 3 aromatic heterocycles. The molecular formula is C12H9N3O2S. The van der Waals surface area contributed by atoms with E-state index in [2.05, 4.69) is 10.1 Å². The van der Waals surface area contributed by atoms with Crippen molar-refractivity contribution in [2.24, 2.45) is 0 Å². The number of rotatable bonds is 2. The van der Waals surface area contributed by atoms with Gasteiger partial charge in [0.1, 0.15) is 5.69 Å². The van der Waals surface area contributed by atoms with Crippen molar-refractivity contribution in [3.63, 3.8) is 0 Å². The molecule has 5 nitrogen and oxygen atoms in total. The molecule has 0 aliphatic carbocycles. The summed E-state index contributed by atoms with van der Waals surface area (Å²) in [4.78, 5) is 15.9. The van der Waals surface area contributed by atoms with Gasteiger partial charge in [-0.05, 0) is 36.1 Å². The monoisotopic (exact) mass is 259 g/mol. The molecule has 0 saturated heterocycles. The predicted molar refractivity (Wildman–Crippen MR) is 68.0 cm³/mol. The van der Waals surface area contributed by atoms with Gasteiger partial charge in [0.15, 0.2) is 11.3 Å². The Labute approximate surface area is 106 Å². The Balaban J connectivity index is 2.17. The first-order chi connectivity index (χ1) is 8.65. The number of fused-ring (bicyclic) bond motifs is 1. The third-order valence-corrected chi connectivity index (χ3v) is 3.67. The summed E-state index contributed by atoms with van der Waals surface area (Å²) in [6.45, 7) is 2.02. The molecule has 0 amide bonds. The topological polar surface area (TPSA) is 67.5 Å². The molecule has 0 aliphatic heterocycles. The number of imidazole rings is 1. The van der Waals surface area contributed by atoms with E-state index in [4.69, 9.17) is 5.11 Å². The molecule has 0 bridgehead atoms. The Morgan fingerprint density at radius 2 is 2.22 bits per heavy atom. The zero-order valence-electron chi connectivity index (χ0n) is 9.49. The fourth-order valence-corrected chi connectivity index (χ4v) is 2.63. The van der Waals surface area contributed by atoms with Crippen molar-refractivity contribution in [3.8, 4) is 10.6 Å². The van der Waals surface area contributed by atoms with Gasteiger partial charge >= 0.3 is 5.97 Å². The maximum Gasteiger partial charge on any atom is 0.356 e. The molecule has 0 saturated carbocycles. The summed E-state index contributed by atoms with van der Waals surface area (Å²) >= 11 is 1.61. The molecule has 6 heteroatoms. The van der Waals surface area contributed by atoms with E-state index in [9.17, 15) is 4.79 Å². The van der Waals surface area contributed by atoms with Crippen LogP contribution in [-0.4, -0.2) is 25.7 Å². The van der Waals surface area contributed by atoms with Crippen LogP contribution in [0.25, 0.3) is 16.2 Å². The summed E-state index contributed by atoms with van der Waals surface area (Å²) in [5.74, 6) is -1.05. The van der Waals surface area contributed by atoms with Crippen LogP contribution in [-0.2, 0) is 0 Å². The molecule has 0 spiro atoms. The van der Waals surface area contributed by atoms with Crippen LogP contribution in [0.15, 0.2) is 29.8 Å². The molecule has 18 heavy (non-hydrogen) atoms. The summed E-state index contributed by atoms with van der Waals surface area (Å²) in [5.41, 5.74) is 2.52. The zero-order valence-corrected chi connectivity index (χ0v) is 10.3. The number of aryl methyl sites for hydroxylation is 1. The van der Waals surface area contributed by atoms with Gasteiger partial charge in [-0.1, -0.05) is 0 Å². The summed E-state index contributed by atoms with van der Waals surface area (Å²) in [6, 6.07) is 5.66. The van der Waals surface area contributed by atoms with Crippen molar-refractivity contribution < 1.29 is 9.90 Å². The molecule has 0 aromatic carbocycles. The lowest BCUT2D eigenvalue weighted by atomic mass is 10.2. The highest BCUT2D eigenvalue weighted by molar-refractivity contribution is 7.13. The lowest BCUT2D eigenvalue weighted by Crippen LogP contribution is -1.95. The highest BCUT2D eigenvalue weighted by Gasteiger charge is 2.11. The van der Waals surface area contributed by atoms with Gasteiger partial charge in [-0.25, -0.2) is 14.3 Å². The van der Waals surface area contributed by atoms with Gasteiger partial charge in [-0.2, -0.15) is 5.10 Å². The van der Waals surface area contributed by atoms with E-state index in [1.165, 1.54) is 10.7 Å². The molecule has 3 heterocycles. The molecule has 90 valence electrons. The Morgan fingerprint density at radius 1 is 1.39 bits per heavy atom. The van der Waals surface area contributed by atoms with Gasteiger partial charge < -0.3 is 5.11 Å². The number of aromatic carboxylic acids is 1. The minimum atomic E-state index is -1.05. The summed E-state index contributed by atoms with van der Waals surface area (Å²) in [7, 11) is 0. The van der Waals surface area contributed by atoms with Gasteiger partial charge in [0.2, 0.25) is 0 Å². The van der Waals surface area contributed by atoms with Crippen LogP contribution in [0.3, 0.4) is 0 Å². The molecule has 0 aliphatic rings. The molecule has 3 aromatic rings. The number of thiophene rings is 1. The Bertz CT molecular complexity index is 745. The van der Waals surface area contributed by atoms with E-state index in [1.54, 1.807) is 17.4 Å². The van der Waals surface area contributed by atoms with E-state index >= 15 is 0 Å². The van der Waals surface area contributed by atoms with E-state index in [0.29, 0.717) is 5.65 Å². The van der Waals surface area contributed by atoms with E-state index in [1.807, 2.05) is 24.4 Å². The van der Waals surface area contributed by atoms with Gasteiger partial charge in [0.05, 0.1) is 11.1 Å². The molecule has 0 fully saturated rings. The van der Waals surface area contributed by atoms with Gasteiger partial charge in [-0.3, -0.25) is 0 Å². The minimum Gasteiger partial charge on any atom is -0.476 e. The maximum atomic E-state index is 10.8. The fraction of sp³-hybridized carbons (Fsp3) is 0.0833. The van der Waals surface area contributed by atoms with Gasteiger partial charge in [-0.15, -0.1) is 11.3 Å². The second-order valence-corrected chi connectivity index (χ2v) is 4.80. The zero-order chi connectivity index (χ0) is 12.7.